The lowest BCUT2D eigenvalue weighted by Gasteiger charge is -2.17. The van der Waals surface area contributed by atoms with Crippen molar-refractivity contribution in [3.63, 3.8) is 0 Å². The lowest BCUT2D eigenvalue weighted by molar-refractivity contribution is -0.384. The van der Waals surface area contributed by atoms with Gasteiger partial charge >= 0.3 is 0 Å². The molecular weight excluding hydrogens is 220 g/mol. The molecular formula is C12H18N2O3. The number of aliphatic hydroxyl groups is 1. The molecule has 1 aromatic rings. The minimum Gasteiger partial charge on any atom is -0.396 e. The Labute approximate surface area is 101 Å². The first-order valence-electron chi connectivity index (χ1n) is 5.71. The Morgan fingerprint density at radius 3 is 2.76 bits per heavy atom. The van der Waals surface area contributed by atoms with E-state index in [4.69, 9.17) is 5.11 Å². The zero-order valence-electron chi connectivity index (χ0n) is 10.1. The van der Waals surface area contributed by atoms with E-state index in [2.05, 4.69) is 5.32 Å². The van der Waals surface area contributed by atoms with Gasteiger partial charge < -0.3 is 10.4 Å². The zero-order valence-corrected chi connectivity index (χ0v) is 10.1. The SMILES string of the molecule is CCC(CCO)Nc1ccc(C)cc1[N+](=O)[O-]. The van der Waals surface area contributed by atoms with Crippen LogP contribution in [-0.2, 0) is 0 Å². The normalized spacial score (nSPS) is 12.2. The smallest absolute Gasteiger partial charge is 0.292 e. The van der Waals surface area contributed by atoms with Gasteiger partial charge in [0.1, 0.15) is 5.69 Å². The number of benzene rings is 1. The maximum absolute atomic E-state index is 10.9. The van der Waals surface area contributed by atoms with Crippen molar-refractivity contribution in [1.29, 1.82) is 0 Å². The maximum atomic E-state index is 10.9. The van der Waals surface area contributed by atoms with Gasteiger partial charge in [-0.05, 0) is 31.4 Å². The second kappa shape index (κ2) is 6.20. The number of anilines is 1. The van der Waals surface area contributed by atoms with Gasteiger partial charge in [-0.25, -0.2) is 0 Å². The number of nitrogens with zero attached hydrogens (tertiary/aromatic N) is 1. The predicted octanol–water partition coefficient (Wildman–Crippen LogP) is 2.48. The van der Waals surface area contributed by atoms with Crippen molar-refractivity contribution in [2.24, 2.45) is 0 Å². The Kier molecular flexibility index (Phi) is 4.90. The highest BCUT2D eigenvalue weighted by Gasteiger charge is 2.16. The summed E-state index contributed by atoms with van der Waals surface area (Å²) < 4.78 is 0. The first-order chi connectivity index (χ1) is 8.08. The number of hydrogen-bond acceptors (Lipinski definition) is 4. The van der Waals surface area contributed by atoms with E-state index in [1.165, 1.54) is 0 Å². The van der Waals surface area contributed by atoms with E-state index in [0.29, 0.717) is 12.1 Å². The highest BCUT2D eigenvalue weighted by molar-refractivity contribution is 5.62. The molecule has 0 radical (unpaired) electrons. The summed E-state index contributed by atoms with van der Waals surface area (Å²) in [5.74, 6) is 0. The molecule has 0 aliphatic rings. The van der Waals surface area contributed by atoms with E-state index in [0.717, 1.165) is 12.0 Å². The van der Waals surface area contributed by atoms with Crippen molar-refractivity contribution in [2.45, 2.75) is 32.7 Å². The van der Waals surface area contributed by atoms with Gasteiger partial charge in [-0.2, -0.15) is 0 Å². The van der Waals surface area contributed by atoms with Crippen LogP contribution in [0.15, 0.2) is 18.2 Å². The Morgan fingerprint density at radius 2 is 2.24 bits per heavy atom. The summed E-state index contributed by atoms with van der Waals surface area (Å²) in [6, 6.07) is 5.16. The van der Waals surface area contributed by atoms with E-state index in [9.17, 15) is 10.1 Å². The third-order valence-electron chi connectivity index (χ3n) is 2.68. The number of aliphatic hydroxyl groups excluding tert-OH is 1. The molecule has 1 rings (SSSR count). The summed E-state index contributed by atoms with van der Waals surface area (Å²) in [4.78, 5) is 10.5. The molecule has 5 heteroatoms. The maximum Gasteiger partial charge on any atom is 0.292 e. The van der Waals surface area contributed by atoms with Crippen LogP contribution in [0.2, 0.25) is 0 Å². The molecule has 2 N–H and O–H groups in total. The topological polar surface area (TPSA) is 75.4 Å². The molecule has 0 spiro atoms. The van der Waals surface area contributed by atoms with Crippen molar-refractivity contribution in [2.75, 3.05) is 11.9 Å². The number of hydrogen-bond donors (Lipinski definition) is 2. The highest BCUT2D eigenvalue weighted by atomic mass is 16.6. The molecule has 0 bridgehead atoms. The van der Waals surface area contributed by atoms with Gasteiger partial charge in [0, 0.05) is 18.7 Å². The summed E-state index contributed by atoms with van der Waals surface area (Å²) in [5.41, 5.74) is 1.46. The number of nitro groups is 1. The van der Waals surface area contributed by atoms with Gasteiger partial charge in [0.15, 0.2) is 0 Å². The molecule has 1 aromatic carbocycles. The van der Waals surface area contributed by atoms with Crippen molar-refractivity contribution >= 4 is 11.4 Å². The number of rotatable bonds is 6. The van der Waals surface area contributed by atoms with E-state index in [1.54, 1.807) is 12.1 Å². The van der Waals surface area contributed by atoms with Crippen LogP contribution >= 0.6 is 0 Å². The van der Waals surface area contributed by atoms with Crippen LogP contribution in [-0.4, -0.2) is 22.7 Å². The quantitative estimate of drug-likeness (QED) is 0.589. The van der Waals surface area contributed by atoms with Crippen LogP contribution in [0.25, 0.3) is 0 Å². The summed E-state index contributed by atoms with van der Waals surface area (Å²) in [5, 5.41) is 22.9. The molecule has 0 saturated heterocycles. The highest BCUT2D eigenvalue weighted by Crippen LogP contribution is 2.26. The van der Waals surface area contributed by atoms with E-state index in [1.807, 2.05) is 19.9 Å². The molecule has 0 aromatic heterocycles. The van der Waals surface area contributed by atoms with E-state index >= 15 is 0 Å². The van der Waals surface area contributed by atoms with E-state index < -0.39 is 0 Å². The lowest BCUT2D eigenvalue weighted by atomic mass is 10.1. The standard InChI is InChI=1S/C12H18N2O3/c1-3-10(6-7-15)13-11-5-4-9(2)8-12(11)14(16)17/h4-5,8,10,13,15H,3,6-7H2,1-2H3. The van der Waals surface area contributed by atoms with Gasteiger partial charge in [-0.1, -0.05) is 13.0 Å². The summed E-state index contributed by atoms with van der Waals surface area (Å²) in [6.07, 6.45) is 1.40. The fourth-order valence-electron chi connectivity index (χ4n) is 1.67. The fourth-order valence-corrected chi connectivity index (χ4v) is 1.67. The minimum absolute atomic E-state index is 0.0569. The molecule has 0 fully saturated rings. The fraction of sp³-hybridized carbons (Fsp3) is 0.500. The molecule has 17 heavy (non-hydrogen) atoms. The van der Waals surface area contributed by atoms with Gasteiger partial charge in [0.2, 0.25) is 0 Å². The largest absolute Gasteiger partial charge is 0.396 e. The van der Waals surface area contributed by atoms with Crippen molar-refractivity contribution in [3.05, 3.63) is 33.9 Å². The van der Waals surface area contributed by atoms with E-state index in [-0.39, 0.29) is 23.3 Å². The predicted molar refractivity (Wildman–Crippen MR) is 67.2 cm³/mol. The Hall–Kier alpha value is -1.62. The molecule has 94 valence electrons. The third-order valence-corrected chi connectivity index (χ3v) is 2.68. The molecule has 0 saturated carbocycles. The first-order valence-corrected chi connectivity index (χ1v) is 5.71. The van der Waals surface area contributed by atoms with Crippen LogP contribution in [0.3, 0.4) is 0 Å². The van der Waals surface area contributed by atoms with Crippen LogP contribution in [0.4, 0.5) is 11.4 Å². The molecule has 1 atom stereocenters. The van der Waals surface area contributed by atoms with Gasteiger partial charge in [-0.3, -0.25) is 10.1 Å². The van der Waals surface area contributed by atoms with Crippen LogP contribution in [0, 0.1) is 17.0 Å². The molecule has 0 aliphatic heterocycles. The van der Waals surface area contributed by atoms with Gasteiger partial charge in [-0.15, -0.1) is 0 Å². The second-order valence-electron chi connectivity index (χ2n) is 4.04. The summed E-state index contributed by atoms with van der Waals surface area (Å²) in [7, 11) is 0. The van der Waals surface area contributed by atoms with Gasteiger partial charge in [0.25, 0.3) is 5.69 Å². The van der Waals surface area contributed by atoms with Crippen LogP contribution in [0.1, 0.15) is 25.3 Å². The average Bonchev–Trinajstić information content (AvgIpc) is 2.30. The average molecular weight is 238 g/mol. The number of nitro benzene ring substituents is 1. The summed E-state index contributed by atoms with van der Waals surface area (Å²) >= 11 is 0. The summed E-state index contributed by atoms with van der Waals surface area (Å²) in [6.45, 7) is 3.88. The third kappa shape index (κ3) is 3.71. The molecule has 0 heterocycles. The van der Waals surface area contributed by atoms with Crippen molar-refractivity contribution in [3.8, 4) is 0 Å². The molecule has 5 nitrogen and oxygen atoms in total. The van der Waals surface area contributed by atoms with Gasteiger partial charge in [0.05, 0.1) is 4.92 Å². The Morgan fingerprint density at radius 1 is 1.53 bits per heavy atom. The number of nitrogens with one attached hydrogen (secondary N) is 1. The van der Waals surface area contributed by atoms with Crippen molar-refractivity contribution < 1.29 is 10.0 Å². The number of aryl methyl sites for hydroxylation is 1. The van der Waals surface area contributed by atoms with Crippen LogP contribution < -0.4 is 5.32 Å². The second-order valence-corrected chi connectivity index (χ2v) is 4.04. The lowest BCUT2D eigenvalue weighted by Crippen LogP contribution is -2.20. The van der Waals surface area contributed by atoms with Crippen molar-refractivity contribution in [1.82, 2.24) is 0 Å². The first kappa shape index (κ1) is 13.4. The Bertz CT molecular complexity index is 393. The molecule has 0 amide bonds. The minimum atomic E-state index is -0.388. The molecule has 0 aliphatic carbocycles. The zero-order chi connectivity index (χ0) is 12.8. The monoisotopic (exact) mass is 238 g/mol. The van der Waals surface area contributed by atoms with Crippen LogP contribution in [0.5, 0.6) is 0 Å². The Balaban J connectivity index is 2.92. The molecule has 1 unspecified atom stereocenters.